The van der Waals surface area contributed by atoms with Gasteiger partial charge in [0, 0.05) is 62.3 Å². The minimum atomic E-state index is -3.02. The number of nitrogens with zero attached hydrogens (tertiary/aromatic N) is 5. The van der Waals surface area contributed by atoms with Gasteiger partial charge in [-0.1, -0.05) is 47.7 Å². The van der Waals surface area contributed by atoms with Crippen LogP contribution in [0.2, 0.25) is 0 Å². The van der Waals surface area contributed by atoms with Crippen LogP contribution in [0.1, 0.15) is 72.5 Å². The molecule has 1 aliphatic rings. The van der Waals surface area contributed by atoms with E-state index >= 15 is 0 Å². The fraction of sp³-hybridized carbons (Fsp3) is 0.463. The molecule has 1 saturated carbocycles. The number of aromatic nitrogens is 3. The molecule has 0 spiro atoms. The van der Waals surface area contributed by atoms with Gasteiger partial charge in [0.05, 0.1) is 65.6 Å². The third kappa shape index (κ3) is 19.0. The zero-order valence-corrected chi connectivity index (χ0v) is 42.0. The summed E-state index contributed by atoms with van der Waals surface area (Å²) < 4.78 is 92.1. The number of carbonyl (C=O) groups excluding carboxylic acids is 3. The van der Waals surface area contributed by atoms with Gasteiger partial charge in [-0.2, -0.15) is 0 Å². The van der Waals surface area contributed by atoms with Crippen LogP contribution in [0.3, 0.4) is 0 Å². The summed E-state index contributed by atoms with van der Waals surface area (Å²) in [4.78, 5) is 42.0. The lowest BCUT2D eigenvalue weighted by atomic mass is 9.84. The molecule has 74 heavy (non-hydrogen) atoms. The normalized spacial score (nSPS) is 13.6. The number of alkyl halides is 4. The lowest BCUT2D eigenvalue weighted by molar-refractivity contribution is -0.164. The Morgan fingerprint density at radius 2 is 1.42 bits per heavy atom. The Morgan fingerprint density at radius 1 is 0.770 bits per heavy atom. The van der Waals surface area contributed by atoms with E-state index in [0.29, 0.717) is 101 Å². The smallest absolute Gasteiger partial charge is 0.263 e. The summed E-state index contributed by atoms with van der Waals surface area (Å²) in [5.41, 5.74) is 2.81. The molecule has 6 rings (SSSR count). The van der Waals surface area contributed by atoms with Crippen LogP contribution >= 0.6 is 0 Å². The highest BCUT2D eigenvalue weighted by Crippen LogP contribution is 2.44. The van der Waals surface area contributed by atoms with E-state index in [4.69, 9.17) is 28.4 Å². The molecule has 16 nitrogen and oxygen atoms in total. The molecule has 1 heterocycles. The number of ether oxygens (including phenoxy) is 6. The highest BCUT2D eigenvalue weighted by Gasteiger charge is 2.51. The van der Waals surface area contributed by atoms with Gasteiger partial charge in [-0.3, -0.25) is 14.4 Å². The van der Waals surface area contributed by atoms with Gasteiger partial charge >= 0.3 is 0 Å². The van der Waals surface area contributed by atoms with Crippen LogP contribution in [-0.4, -0.2) is 135 Å². The minimum absolute atomic E-state index is 0.0492. The number of amides is 3. The first-order valence-electron chi connectivity index (χ1n) is 24.8. The number of hydrogen-bond donors (Lipinski definition) is 2. The Bertz CT molecular complexity index is 2440. The summed E-state index contributed by atoms with van der Waals surface area (Å²) in [6.45, 7) is 6.10. The Morgan fingerprint density at radius 3 is 2.12 bits per heavy atom. The van der Waals surface area contributed by atoms with Crippen molar-refractivity contribution in [3.63, 3.8) is 0 Å². The first-order chi connectivity index (χ1) is 35.9. The van der Waals surface area contributed by atoms with Gasteiger partial charge in [0.1, 0.15) is 29.9 Å². The molecule has 0 bridgehead atoms. The summed E-state index contributed by atoms with van der Waals surface area (Å²) in [7, 11) is 3.57. The van der Waals surface area contributed by atoms with Crippen LogP contribution in [0.15, 0.2) is 103 Å². The first kappa shape index (κ1) is 56.7. The molecule has 4 aromatic carbocycles. The summed E-state index contributed by atoms with van der Waals surface area (Å²) in [5.74, 6) is -2.25. The predicted octanol–water partition coefficient (Wildman–Crippen LogP) is 7.87. The summed E-state index contributed by atoms with van der Waals surface area (Å²) in [5, 5.41) is 13.7. The molecule has 20 heteroatoms. The second-order valence-corrected chi connectivity index (χ2v) is 17.9. The number of anilines is 1. The fourth-order valence-electron chi connectivity index (χ4n) is 8.11. The standard InChI is InChI=1S/C54H67F4N7O9/c1-63(24-28-71-31-30-70-27-22-45-38-64(62-61-45)25-29-72-32-33-74-49-19-13-44(14-20-49)60-39-66)23-3-4-26-73-48-17-8-40(9-18-48)12-21-50(67)65(46-35-54(57,58)36-46)51(42-6-5-7-43(34-42)52(55)56)53(68)59-37-41-10-15-47(69-2)16-11-41/h5-11,13-20,34,38-39,46,51-52H,3-4,12,21-33,35-37H2,1-2H3,(H,59,68)(H,60,66). The molecule has 1 fully saturated rings. The molecule has 0 saturated heterocycles. The van der Waals surface area contributed by atoms with Crippen LogP contribution in [-0.2, 0) is 54.5 Å². The maximum absolute atomic E-state index is 14.4. The average molecular weight is 1030 g/mol. The molecule has 0 radical (unpaired) electrons. The van der Waals surface area contributed by atoms with E-state index in [2.05, 4.69) is 25.8 Å². The monoisotopic (exact) mass is 1030 g/mol. The van der Waals surface area contributed by atoms with Crippen LogP contribution in [0.25, 0.3) is 0 Å². The van der Waals surface area contributed by atoms with Crippen LogP contribution < -0.4 is 24.8 Å². The van der Waals surface area contributed by atoms with Crippen molar-refractivity contribution in [3.05, 3.63) is 131 Å². The molecule has 400 valence electrons. The molecule has 1 aromatic heterocycles. The second-order valence-electron chi connectivity index (χ2n) is 17.9. The van der Waals surface area contributed by atoms with Crippen molar-refractivity contribution < 1.29 is 60.4 Å². The zero-order chi connectivity index (χ0) is 52.5. The summed E-state index contributed by atoms with van der Waals surface area (Å²) in [6.07, 6.45) is 0.922. The quantitative estimate of drug-likeness (QED) is 0.0229. The molecule has 5 aromatic rings. The number of likely N-dealkylation sites (N-methyl/N-ethyl adjacent to an activating group) is 1. The third-order valence-electron chi connectivity index (χ3n) is 12.3. The molecule has 1 unspecified atom stereocenters. The number of nitrogens with one attached hydrogen (secondary N) is 2. The summed E-state index contributed by atoms with van der Waals surface area (Å²) in [6, 6.07) is 24.1. The van der Waals surface area contributed by atoms with E-state index in [-0.39, 0.29) is 30.5 Å². The Kier molecular flexibility index (Phi) is 22.9. The van der Waals surface area contributed by atoms with E-state index in [1.54, 1.807) is 53.2 Å². The lowest BCUT2D eigenvalue weighted by Crippen LogP contribution is -2.56. The van der Waals surface area contributed by atoms with Crippen LogP contribution in [0.5, 0.6) is 17.2 Å². The van der Waals surface area contributed by atoms with Crippen LogP contribution in [0.4, 0.5) is 23.2 Å². The topological polar surface area (TPSA) is 168 Å². The average Bonchev–Trinajstić information content (AvgIpc) is 3.85. The Labute approximate surface area is 429 Å². The van der Waals surface area contributed by atoms with E-state index in [1.165, 1.54) is 30.2 Å². The van der Waals surface area contributed by atoms with Gasteiger partial charge in [-0.25, -0.2) is 22.2 Å². The Balaban J connectivity index is 0.825. The maximum Gasteiger partial charge on any atom is 0.263 e. The SMILES string of the molecule is COc1ccc(CNC(=O)C(c2cccc(C(F)F)c2)N(C(=O)CCc2ccc(OCCCCN(C)CCOCCOCCc3cn(CCOCCOc4ccc(NC=O)cc4)nn3)cc2)C2CC(F)(F)C2)cc1. The highest BCUT2D eigenvalue weighted by molar-refractivity contribution is 5.89. The van der Waals surface area contributed by atoms with Gasteiger partial charge in [-0.15, -0.1) is 5.10 Å². The number of methoxy groups -OCH3 is 1. The van der Waals surface area contributed by atoms with Crippen molar-refractivity contribution in [2.45, 2.75) is 82.5 Å². The van der Waals surface area contributed by atoms with Gasteiger partial charge < -0.3 is 48.9 Å². The van der Waals surface area contributed by atoms with E-state index in [1.807, 2.05) is 37.5 Å². The van der Waals surface area contributed by atoms with Gasteiger partial charge in [-0.05, 0) is 104 Å². The molecule has 1 atom stereocenters. The van der Waals surface area contributed by atoms with Crippen molar-refractivity contribution in [2.75, 3.05) is 85.4 Å². The van der Waals surface area contributed by atoms with Crippen molar-refractivity contribution in [3.8, 4) is 17.2 Å². The largest absolute Gasteiger partial charge is 0.497 e. The van der Waals surface area contributed by atoms with E-state index < -0.39 is 49.1 Å². The Hall–Kier alpha value is -6.61. The van der Waals surface area contributed by atoms with Crippen molar-refractivity contribution in [1.82, 2.24) is 30.1 Å². The fourth-order valence-corrected chi connectivity index (χ4v) is 8.11. The highest BCUT2D eigenvalue weighted by atomic mass is 19.3. The summed E-state index contributed by atoms with van der Waals surface area (Å²) >= 11 is 0. The third-order valence-corrected chi connectivity index (χ3v) is 12.3. The van der Waals surface area contributed by atoms with Gasteiger partial charge in [0.2, 0.25) is 18.2 Å². The predicted molar refractivity (Wildman–Crippen MR) is 269 cm³/mol. The number of carbonyl (C=O) groups is 3. The first-order valence-corrected chi connectivity index (χ1v) is 24.8. The van der Waals surface area contributed by atoms with Crippen LogP contribution in [0, 0.1) is 0 Å². The maximum atomic E-state index is 14.4. The molecular formula is C54H67F4N7O9. The molecular weight excluding hydrogens is 967 g/mol. The van der Waals surface area contributed by atoms with Gasteiger partial charge in [0.25, 0.3) is 12.3 Å². The number of halogens is 4. The van der Waals surface area contributed by atoms with Crippen molar-refractivity contribution in [1.29, 1.82) is 0 Å². The number of benzene rings is 4. The molecule has 1 aliphatic carbocycles. The number of aryl methyl sites for hydroxylation is 1. The van der Waals surface area contributed by atoms with E-state index in [0.717, 1.165) is 43.3 Å². The van der Waals surface area contributed by atoms with Gasteiger partial charge in [0.15, 0.2) is 0 Å². The zero-order valence-electron chi connectivity index (χ0n) is 42.0. The van der Waals surface area contributed by atoms with Crippen molar-refractivity contribution in [2.24, 2.45) is 0 Å². The van der Waals surface area contributed by atoms with E-state index in [9.17, 15) is 31.9 Å². The number of rotatable bonds is 35. The molecule has 3 amide bonds. The number of hydrogen-bond acceptors (Lipinski definition) is 12. The minimum Gasteiger partial charge on any atom is -0.497 e. The van der Waals surface area contributed by atoms with Crippen molar-refractivity contribution >= 4 is 23.9 Å². The molecule has 0 aliphatic heterocycles. The lowest BCUT2D eigenvalue weighted by Gasteiger charge is -2.45. The second kappa shape index (κ2) is 29.9. The number of unbranched alkanes of at least 4 members (excludes halogenated alkanes) is 1. The molecule has 2 N–H and O–H groups in total.